The minimum atomic E-state index is -0.475. The summed E-state index contributed by atoms with van der Waals surface area (Å²) in [7, 11) is 1.31. The number of carbonyl (C=O) groups excluding carboxylic acids is 1. The molecule has 0 saturated heterocycles. The Kier molecular flexibility index (Phi) is 6.99. The Morgan fingerprint density at radius 3 is 2.78 bits per heavy atom. The van der Waals surface area contributed by atoms with E-state index in [1.807, 2.05) is 24.3 Å². The average Bonchev–Trinajstić information content (AvgIpc) is 2.83. The fourth-order valence-corrected chi connectivity index (χ4v) is 4.30. The highest BCUT2D eigenvalue weighted by Crippen LogP contribution is 2.32. The van der Waals surface area contributed by atoms with Crippen molar-refractivity contribution in [2.24, 2.45) is 5.10 Å². The smallest absolute Gasteiger partial charge is 0.343 e. The molecule has 1 aliphatic carbocycles. The number of nitrogens with zero attached hydrogens (tertiary/aromatic N) is 3. The molecule has 1 aliphatic rings. The first-order valence-corrected chi connectivity index (χ1v) is 11.4. The zero-order valence-corrected chi connectivity index (χ0v) is 19.4. The summed E-state index contributed by atoms with van der Waals surface area (Å²) in [4.78, 5) is 29.7. The van der Waals surface area contributed by atoms with Crippen molar-refractivity contribution in [3.8, 4) is 5.75 Å². The summed E-state index contributed by atoms with van der Waals surface area (Å²) in [6, 6.07) is 12.7. The molecular formula is C24H24BrN3O4. The van der Waals surface area contributed by atoms with Gasteiger partial charge in [0.25, 0.3) is 5.56 Å². The van der Waals surface area contributed by atoms with Crippen LogP contribution in [-0.2, 0) is 9.53 Å². The molecule has 32 heavy (non-hydrogen) atoms. The number of hydrogen-bond acceptors (Lipinski definition) is 6. The van der Waals surface area contributed by atoms with Crippen LogP contribution in [0.4, 0.5) is 0 Å². The topological polar surface area (TPSA) is 82.8 Å². The molecule has 1 saturated carbocycles. The van der Waals surface area contributed by atoms with E-state index in [9.17, 15) is 9.59 Å². The van der Waals surface area contributed by atoms with E-state index in [1.165, 1.54) is 18.2 Å². The van der Waals surface area contributed by atoms with Crippen LogP contribution in [0.3, 0.4) is 0 Å². The Balaban J connectivity index is 1.77. The monoisotopic (exact) mass is 497 g/mol. The van der Waals surface area contributed by atoms with Crippen molar-refractivity contribution in [3.63, 3.8) is 0 Å². The molecule has 0 radical (unpaired) electrons. The van der Waals surface area contributed by atoms with Crippen LogP contribution in [0.1, 0.15) is 49.4 Å². The number of benzene rings is 2. The van der Waals surface area contributed by atoms with Gasteiger partial charge in [-0.2, -0.15) is 9.78 Å². The quantitative estimate of drug-likeness (QED) is 0.365. The van der Waals surface area contributed by atoms with E-state index in [1.54, 1.807) is 24.4 Å². The van der Waals surface area contributed by atoms with Crippen molar-refractivity contribution in [3.05, 3.63) is 68.7 Å². The first kappa shape index (κ1) is 22.2. The molecule has 7 nitrogen and oxygen atoms in total. The van der Waals surface area contributed by atoms with Crippen LogP contribution >= 0.6 is 15.9 Å². The predicted octanol–water partition coefficient (Wildman–Crippen LogP) is 4.64. The van der Waals surface area contributed by atoms with E-state index in [0.29, 0.717) is 28.0 Å². The number of hydrogen-bond donors (Lipinski definition) is 0. The number of esters is 1. The summed E-state index contributed by atoms with van der Waals surface area (Å²) in [5.74, 6) is 0.878. The SMILES string of the molecule is COC(=O)COc1ccccc1C=Nn1c(C2CCCCC2)nc2ccc(Br)cc2c1=O. The van der Waals surface area contributed by atoms with Crippen molar-refractivity contribution in [2.45, 2.75) is 38.0 Å². The number of rotatable bonds is 6. The Hall–Kier alpha value is -3.00. The molecule has 166 valence electrons. The Morgan fingerprint density at radius 2 is 2.00 bits per heavy atom. The summed E-state index contributed by atoms with van der Waals surface area (Å²) >= 11 is 3.44. The number of aromatic nitrogens is 2. The zero-order chi connectivity index (χ0) is 22.5. The van der Waals surface area contributed by atoms with Gasteiger partial charge in [-0.15, -0.1) is 0 Å². The molecule has 2 aromatic carbocycles. The largest absolute Gasteiger partial charge is 0.481 e. The van der Waals surface area contributed by atoms with Gasteiger partial charge in [0, 0.05) is 16.0 Å². The molecule has 0 atom stereocenters. The van der Waals surface area contributed by atoms with E-state index in [-0.39, 0.29) is 18.1 Å². The predicted molar refractivity (Wildman–Crippen MR) is 126 cm³/mol. The number of ether oxygens (including phenoxy) is 2. The maximum atomic E-state index is 13.4. The van der Waals surface area contributed by atoms with Gasteiger partial charge in [0.1, 0.15) is 11.6 Å². The minimum Gasteiger partial charge on any atom is -0.481 e. The van der Waals surface area contributed by atoms with Crippen molar-refractivity contribution in [1.82, 2.24) is 9.66 Å². The summed E-state index contributed by atoms with van der Waals surface area (Å²) in [6.45, 7) is -0.208. The van der Waals surface area contributed by atoms with Crippen LogP contribution < -0.4 is 10.3 Å². The molecule has 0 spiro atoms. The first-order valence-electron chi connectivity index (χ1n) is 10.6. The normalized spacial score (nSPS) is 14.7. The summed E-state index contributed by atoms with van der Waals surface area (Å²) in [5, 5.41) is 5.05. The molecule has 8 heteroatoms. The molecule has 1 aromatic heterocycles. The third kappa shape index (κ3) is 4.91. The lowest BCUT2D eigenvalue weighted by atomic mass is 9.88. The summed E-state index contributed by atoms with van der Waals surface area (Å²) in [5.41, 5.74) is 1.11. The van der Waals surface area contributed by atoms with E-state index < -0.39 is 5.97 Å². The number of fused-ring (bicyclic) bond motifs is 1. The van der Waals surface area contributed by atoms with Gasteiger partial charge in [-0.25, -0.2) is 9.78 Å². The molecule has 0 unspecified atom stereocenters. The van der Waals surface area contributed by atoms with Crippen LogP contribution in [0.15, 0.2) is 56.8 Å². The maximum Gasteiger partial charge on any atom is 0.343 e. The molecule has 0 N–H and O–H groups in total. The molecule has 1 heterocycles. The third-order valence-corrected chi connectivity index (χ3v) is 6.10. The van der Waals surface area contributed by atoms with Crippen LogP contribution in [-0.4, -0.2) is 35.6 Å². The fourth-order valence-electron chi connectivity index (χ4n) is 3.94. The second-order valence-corrected chi connectivity index (χ2v) is 8.65. The van der Waals surface area contributed by atoms with Gasteiger partial charge in [-0.3, -0.25) is 4.79 Å². The Bertz CT molecular complexity index is 1220. The van der Waals surface area contributed by atoms with Gasteiger partial charge in [-0.05, 0) is 43.2 Å². The highest BCUT2D eigenvalue weighted by molar-refractivity contribution is 9.10. The number of halogens is 1. The number of methoxy groups -OCH3 is 1. The van der Waals surface area contributed by atoms with Crippen LogP contribution in [0, 0.1) is 0 Å². The van der Waals surface area contributed by atoms with E-state index in [0.717, 1.165) is 30.2 Å². The van der Waals surface area contributed by atoms with E-state index in [4.69, 9.17) is 9.72 Å². The summed E-state index contributed by atoms with van der Waals surface area (Å²) in [6.07, 6.45) is 6.99. The lowest BCUT2D eigenvalue weighted by Crippen LogP contribution is -2.25. The Labute approximate surface area is 194 Å². The molecule has 0 aliphatic heterocycles. The lowest BCUT2D eigenvalue weighted by molar-refractivity contribution is -0.142. The standard InChI is InChI=1S/C24H24BrN3O4/c1-31-22(29)15-32-21-10-6-5-9-17(21)14-26-28-23(16-7-3-2-4-8-16)27-20-12-11-18(25)13-19(20)24(28)30/h5-6,9-14,16H,2-4,7-8,15H2,1H3. The highest BCUT2D eigenvalue weighted by atomic mass is 79.9. The Morgan fingerprint density at radius 1 is 1.22 bits per heavy atom. The van der Waals surface area contributed by atoms with Crippen molar-refractivity contribution in [1.29, 1.82) is 0 Å². The second-order valence-electron chi connectivity index (χ2n) is 7.73. The van der Waals surface area contributed by atoms with Crippen molar-refractivity contribution < 1.29 is 14.3 Å². The highest BCUT2D eigenvalue weighted by Gasteiger charge is 2.22. The number of carbonyl (C=O) groups is 1. The maximum absolute atomic E-state index is 13.4. The molecular weight excluding hydrogens is 474 g/mol. The zero-order valence-electron chi connectivity index (χ0n) is 17.8. The summed E-state index contributed by atoms with van der Waals surface area (Å²) < 4.78 is 12.4. The average molecular weight is 498 g/mol. The first-order chi connectivity index (χ1) is 15.6. The molecule has 0 bridgehead atoms. The molecule has 4 rings (SSSR count). The van der Waals surface area contributed by atoms with Gasteiger partial charge in [-0.1, -0.05) is 47.3 Å². The van der Waals surface area contributed by atoms with Crippen LogP contribution in [0.5, 0.6) is 5.75 Å². The minimum absolute atomic E-state index is 0.187. The van der Waals surface area contributed by atoms with E-state index >= 15 is 0 Å². The van der Waals surface area contributed by atoms with E-state index in [2.05, 4.69) is 25.8 Å². The number of para-hydroxylation sites is 1. The van der Waals surface area contributed by atoms with Gasteiger partial charge < -0.3 is 9.47 Å². The van der Waals surface area contributed by atoms with Gasteiger partial charge in [0.2, 0.25) is 0 Å². The van der Waals surface area contributed by atoms with Crippen molar-refractivity contribution in [2.75, 3.05) is 13.7 Å². The second kappa shape index (κ2) is 10.1. The third-order valence-electron chi connectivity index (χ3n) is 5.61. The molecule has 3 aromatic rings. The fraction of sp³-hybridized carbons (Fsp3) is 0.333. The van der Waals surface area contributed by atoms with Crippen LogP contribution in [0.2, 0.25) is 0 Å². The lowest BCUT2D eigenvalue weighted by Gasteiger charge is -2.22. The van der Waals surface area contributed by atoms with Gasteiger partial charge in [0.05, 0.1) is 24.2 Å². The van der Waals surface area contributed by atoms with Crippen LogP contribution in [0.25, 0.3) is 10.9 Å². The van der Waals surface area contributed by atoms with Gasteiger partial charge >= 0.3 is 5.97 Å². The van der Waals surface area contributed by atoms with Crippen molar-refractivity contribution >= 4 is 39.0 Å². The van der Waals surface area contributed by atoms with Gasteiger partial charge in [0.15, 0.2) is 6.61 Å². The molecule has 1 fully saturated rings. The molecule has 0 amide bonds.